The van der Waals surface area contributed by atoms with Crippen molar-refractivity contribution in [3.63, 3.8) is 0 Å². The zero-order chi connectivity index (χ0) is 13.7. The first-order valence-electron chi connectivity index (χ1n) is 7.28. The third-order valence-corrected chi connectivity index (χ3v) is 3.89. The Labute approximate surface area is 122 Å². The van der Waals surface area contributed by atoms with Gasteiger partial charge in [0.2, 0.25) is 0 Å². The van der Waals surface area contributed by atoms with Gasteiger partial charge >= 0.3 is 0 Å². The average Bonchev–Trinajstić information content (AvgIpc) is 3.20. The molecule has 0 bridgehead atoms. The fourth-order valence-corrected chi connectivity index (χ4v) is 2.78. The number of thiocarbonyl (C=S) groups is 1. The first kappa shape index (κ1) is 14.5. The highest BCUT2D eigenvalue weighted by Crippen LogP contribution is 2.34. The van der Waals surface area contributed by atoms with Crippen molar-refractivity contribution in [2.24, 2.45) is 11.7 Å². The molecule has 1 aromatic carbocycles. The number of rotatable bonds is 8. The minimum atomic E-state index is 0.347. The molecule has 2 rings (SSSR count). The molecule has 1 atom stereocenters. The Morgan fingerprint density at radius 2 is 2.05 bits per heavy atom. The highest BCUT2D eigenvalue weighted by molar-refractivity contribution is 7.80. The van der Waals surface area contributed by atoms with Gasteiger partial charge in [0.15, 0.2) is 0 Å². The summed E-state index contributed by atoms with van der Waals surface area (Å²) in [6, 6.07) is 11.0. The number of nitrogens with zero attached hydrogens (tertiary/aromatic N) is 1. The second kappa shape index (κ2) is 7.01. The van der Waals surface area contributed by atoms with Gasteiger partial charge in [0, 0.05) is 19.0 Å². The molecule has 1 fully saturated rings. The van der Waals surface area contributed by atoms with Crippen molar-refractivity contribution < 1.29 is 0 Å². The topological polar surface area (TPSA) is 29.3 Å². The molecule has 1 aliphatic carbocycles. The highest BCUT2D eigenvalue weighted by Gasteiger charge is 2.28. The second-order valence-electron chi connectivity index (χ2n) is 5.54. The van der Waals surface area contributed by atoms with Gasteiger partial charge in [-0.1, -0.05) is 49.5 Å². The summed E-state index contributed by atoms with van der Waals surface area (Å²) in [6.45, 7) is 4.55. The Bertz CT molecular complexity index is 400. The first-order chi connectivity index (χ1) is 9.20. The lowest BCUT2D eigenvalue weighted by atomic mass is 10.0. The summed E-state index contributed by atoms with van der Waals surface area (Å²) in [5, 5.41) is 0. The van der Waals surface area contributed by atoms with Crippen LogP contribution in [-0.4, -0.2) is 23.0 Å². The lowest BCUT2D eigenvalue weighted by Crippen LogP contribution is -2.34. The molecule has 2 nitrogen and oxygen atoms in total. The maximum Gasteiger partial charge on any atom is 0.0746 e. The Balaban J connectivity index is 2.15. The van der Waals surface area contributed by atoms with Gasteiger partial charge in [-0.2, -0.15) is 0 Å². The molecule has 0 aromatic heterocycles. The molecule has 0 saturated heterocycles. The molecule has 0 amide bonds. The molecule has 0 radical (unpaired) electrons. The Kier molecular flexibility index (Phi) is 5.34. The summed E-state index contributed by atoms with van der Waals surface area (Å²) < 4.78 is 0. The molecule has 0 spiro atoms. The molecule has 104 valence electrons. The normalized spacial score (nSPS) is 16.5. The van der Waals surface area contributed by atoms with Crippen molar-refractivity contribution >= 4 is 17.2 Å². The maximum atomic E-state index is 5.82. The van der Waals surface area contributed by atoms with Crippen LogP contribution in [0, 0.1) is 5.92 Å². The van der Waals surface area contributed by atoms with Crippen LogP contribution in [0.4, 0.5) is 0 Å². The lowest BCUT2D eigenvalue weighted by Gasteiger charge is -2.32. The third kappa shape index (κ3) is 4.59. The summed E-state index contributed by atoms with van der Waals surface area (Å²) >= 11 is 5.16. The minimum absolute atomic E-state index is 0.347. The predicted molar refractivity (Wildman–Crippen MR) is 85.2 cm³/mol. The Morgan fingerprint density at radius 3 is 2.58 bits per heavy atom. The molecular formula is C16H24N2S. The molecule has 0 aliphatic heterocycles. The smallest absolute Gasteiger partial charge is 0.0746 e. The summed E-state index contributed by atoms with van der Waals surface area (Å²) in [6.07, 6.45) is 4.73. The van der Waals surface area contributed by atoms with E-state index in [1.807, 2.05) is 0 Å². The molecule has 0 heterocycles. The zero-order valence-corrected chi connectivity index (χ0v) is 12.5. The van der Waals surface area contributed by atoms with E-state index in [0.29, 0.717) is 11.0 Å². The van der Waals surface area contributed by atoms with Crippen molar-refractivity contribution in [2.75, 3.05) is 13.1 Å². The largest absolute Gasteiger partial charge is 0.393 e. The van der Waals surface area contributed by atoms with Crippen LogP contribution in [0.3, 0.4) is 0 Å². The van der Waals surface area contributed by atoms with E-state index in [0.717, 1.165) is 18.9 Å². The van der Waals surface area contributed by atoms with Crippen LogP contribution in [0.2, 0.25) is 0 Å². The first-order valence-corrected chi connectivity index (χ1v) is 7.68. The average molecular weight is 276 g/mol. The van der Waals surface area contributed by atoms with E-state index in [4.69, 9.17) is 18.0 Å². The summed E-state index contributed by atoms with van der Waals surface area (Å²) in [5.74, 6) is 0.893. The minimum Gasteiger partial charge on any atom is -0.393 e. The molecule has 19 heavy (non-hydrogen) atoms. The zero-order valence-electron chi connectivity index (χ0n) is 11.7. The maximum absolute atomic E-state index is 5.82. The van der Waals surface area contributed by atoms with Crippen molar-refractivity contribution in [3.8, 4) is 0 Å². The number of hydrogen-bond acceptors (Lipinski definition) is 2. The van der Waals surface area contributed by atoms with E-state index in [-0.39, 0.29) is 0 Å². The fraction of sp³-hybridized carbons (Fsp3) is 0.562. The molecule has 3 heteroatoms. The molecular weight excluding hydrogens is 252 g/mol. The third-order valence-electron chi connectivity index (χ3n) is 3.72. The molecule has 1 unspecified atom stereocenters. The van der Waals surface area contributed by atoms with Crippen molar-refractivity contribution in [3.05, 3.63) is 35.9 Å². The van der Waals surface area contributed by atoms with Gasteiger partial charge in [0.05, 0.1) is 4.99 Å². The van der Waals surface area contributed by atoms with Gasteiger partial charge in [0.25, 0.3) is 0 Å². The summed E-state index contributed by atoms with van der Waals surface area (Å²) in [4.78, 5) is 3.19. The van der Waals surface area contributed by atoms with Crippen LogP contribution in [0.5, 0.6) is 0 Å². The van der Waals surface area contributed by atoms with Gasteiger partial charge in [-0.15, -0.1) is 0 Å². The van der Waals surface area contributed by atoms with Gasteiger partial charge < -0.3 is 5.73 Å². The van der Waals surface area contributed by atoms with Crippen molar-refractivity contribution in [1.82, 2.24) is 4.90 Å². The standard InChI is InChI=1S/C16H24N2S/c1-2-10-18(12-13-8-9-13)15(11-16(17)19)14-6-4-3-5-7-14/h3-7,13,15H,2,8-12H2,1H3,(H2,17,19). The summed E-state index contributed by atoms with van der Waals surface area (Å²) in [7, 11) is 0. The van der Waals surface area contributed by atoms with E-state index in [9.17, 15) is 0 Å². The van der Waals surface area contributed by atoms with E-state index < -0.39 is 0 Å². The second-order valence-corrected chi connectivity index (χ2v) is 6.06. The fourth-order valence-electron chi connectivity index (χ4n) is 2.62. The van der Waals surface area contributed by atoms with Crippen LogP contribution < -0.4 is 5.73 Å². The Hall–Kier alpha value is -0.930. The van der Waals surface area contributed by atoms with E-state index in [2.05, 4.69) is 42.2 Å². The quantitative estimate of drug-likeness (QED) is 0.737. The van der Waals surface area contributed by atoms with Crippen LogP contribution in [0.15, 0.2) is 30.3 Å². The SMILES string of the molecule is CCCN(CC1CC1)C(CC(N)=S)c1ccccc1. The van der Waals surface area contributed by atoms with E-state index in [1.54, 1.807) is 0 Å². The lowest BCUT2D eigenvalue weighted by molar-refractivity contribution is 0.193. The van der Waals surface area contributed by atoms with Gasteiger partial charge in [-0.25, -0.2) is 0 Å². The number of nitrogens with two attached hydrogens (primary N) is 1. The van der Waals surface area contributed by atoms with Crippen molar-refractivity contribution in [1.29, 1.82) is 0 Å². The van der Waals surface area contributed by atoms with Crippen LogP contribution in [0.1, 0.15) is 44.2 Å². The van der Waals surface area contributed by atoms with Crippen LogP contribution >= 0.6 is 12.2 Å². The number of benzene rings is 1. The van der Waals surface area contributed by atoms with E-state index >= 15 is 0 Å². The monoisotopic (exact) mass is 276 g/mol. The molecule has 1 aromatic rings. The number of hydrogen-bond donors (Lipinski definition) is 1. The molecule has 2 N–H and O–H groups in total. The van der Waals surface area contributed by atoms with Crippen LogP contribution in [-0.2, 0) is 0 Å². The Morgan fingerprint density at radius 1 is 1.37 bits per heavy atom. The van der Waals surface area contributed by atoms with Gasteiger partial charge in [-0.3, -0.25) is 4.90 Å². The summed E-state index contributed by atoms with van der Waals surface area (Å²) in [5.41, 5.74) is 7.15. The van der Waals surface area contributed by atoms with Gasteiger partial charge in [-0.05, 0) is 37.3 Å². The predicted octanol–water partition coefficient (Wildman–Crippen LogP) is 3.53. The highest BCUT2D eigenvalue weighted by atomic mass is 32.1. The van der Waals surface area contributed by atoms with Crippen molar-refractivity contribution in [2.45, 2.75) is 38.6 Å². The van der Waals surface area contributed by atoms with E-state index in [1.165, 1.54) is 31.4 Å². The molecule has 1 aliphatic rings. The molecule has 1 saturated carbocycles. The van der Waals surface area contributed by atoms with Gasteiger partial charge in [0.1, 0.15) is 0 Å². The van der Waals surface area contributed by atoms with Crippen LogP contribution in [0.25, 0.3) is 0 Å².